The van der Waals surface area contributed by atoms with Gasteiger partial charge in [-0.1, -0.05) is 0 Å². The molecule has 0 amide bonds. The molecule has 1 aromatic rings. The topological polar surface area (TPSA) is 56.8 Å². The second-order valence-corrected chi connectivity index (χ2v) is 4.15. The van der Waals surface area contributed by atoms with Gasteiger partial charge in [-0.05, 0) is 13.0 Å². The molecule has 5 heteroatoms. The molecule has 0 fully saturated rings. The molecular formula is C14H21NO4. The van der Waals surface area contributed by atoms with Gasteiger partial charge in [0.2, 0.25) is 0 Å². The highest BCUT2D eigenvalue weighted by Crippen LogP contribution is 2.34. The Labute approximate surface area is 113 Å². The third-order valence-corrected chi connectivity index (χ3v) is 2.76. The van der Waals surface area contributed by atoms with Crippen molar-refractivity contribution in [1.29, 1.82) is 0 Å². The number of carbonyl (C=O) groups excluding carboxylic acids is 1. The SMILES string of the molecule is COc1cc(OC)c(OC)cc1CNCCC(C)=O. The quantitative estimate of drug-likeness (QED) is 0.728. The Kier molecular flexibility index (Phi) is 6.15. The Hall–Kier alpha value is -1.75. The van der Waals surface area contributed by atoms with Gasteiger partial charge in [0, 0.05) is 31.1 Å². The van der Waals surface area contributed by atoms with Crippen molar-refractivity contribution >= 4 is 5.78 Å². The van der Waals surface area contributed by atoms with Gasteiger partial charge in [0.05, 0.1) is 21.3 Å². The molecule has 0 saturated carbocycles. The van der Waals surface area contributed by atoms with Gasteiger partial charge in [0.15, 0.2) is 11.5 Å². The molecule has 19 heavy (non-hydrogen) atoms. The lowest BCUT2D eigenvalue weighted by molar-refractivity contribution is -0.116. The molecule has 1 rings (SSSR count). The van der Waals surface area contributed by atoms with Crippen molar-refractivity contribution in [2.45, 2.75) is 19.9 Å². The highest BCUT2D eigenvalue weighted by molar-refractivity contribution is 5.75. The van der Waals surface area contributed by atoms with Crippen molar-refractivity contribution in [2.75, 3.05) is 27.9 Å². The third-order valence-electron chi connectivity index (χ3n) is 2.76. The molecule has 0 bridgehead atoms. The van der Waals surface area contributed by atoms with Crippen LogP contribution < -0.4 is 19.5 Å². The minimum Gasteiger partial charge on any atom is -0.496 e. The fraction of sp³-hybridized carbons (Fsp3) is 0.500. The molecule has 0 saturated heterocycles. The molecule has 1 aromatic carbocycles. The van der Waals surface area contributed by atoms with Crippen LogP contribution >= 0.6 is 0 Å². The molecular weight excluding hydrogens is 246 g/mol. The number of hydrogen-bond acceptors (Lipinski definition) is 5. The van der Waals surface area contributed by atoms with Crippen LogP contribution in [0, 0.1) is 0 Å². The van der Waals surface area contributed by atoms with Crippen molar-refractivity contribution < 1.29 is 19.0 Å². The molecule has 0 aliphatic carbocycles. The highest BCUT2D eigenvalue weighted by Gasteiger charge is 2.11. The maximum Gasteiger partial charge on any atom is 0.164 e. The van der Waals surface area contributed by atoms with Crippen LogP contribution in [0.3, 0.4) is 0 Å². The van der Waals surface area contributed by atoms with Crippen molar-refractivity contribution in [2.24, 2.45) is 0 Å². The molecule has 0 aliphatic heterocycles. The summed E-state index contributed by atoms with van der Waals surface area (Å²) in [5, 5.41) is 3.20. The largest absolute Gasteiger partial charge is 0.496 e. The van der Waals surface area contributed by atoms with E-state index in [4.69, 9.17) is 14.2 Å². The number of ether oxygens (including phenoxy) is 3. The molecule has 0 heterocycles. The number of methoxy groups -OCH3 is 3. The number of nitrogens with one attached hydrogen (secondary N) is 1. The fourth-order valence-electron chi connectivity index (χ4n) is 1.72. The van der Waals surface area contributed by atoms with Gasteiger partial charge < -0.3 is 19.5 Å². The van der Waals surface area contributed by atoms with E-state index in [1.165, 1.54) is 0 Å². The first kappa shape index (κ1) is 15.3. The predicted molar refractivity (Wildman–Crippen MR) is 73.1 cm³/mol. The molecule has 0 spiro atoms. The maximum atomic E-state index is 10.9. The average molecular weight is 267 g/mol. The summed E-state index contributed by atoms with van der Waals surface area (Å²) in [6.07, 6.45) is 0.523. The number of Topliss-reactive ketones (excluding diaryl/α,β-unsaturated/α-hetero) is 1. The zero-order valence-corrected chi connectivity index (χ0v) is 11.9. The Balaban J connectivity index is 2.77. The van der Waals surface area contributed by atoms with E-state index >= 15 is 0 Å². The summed E-state index contributed by atoms with van der Waals surface area (Å²) in [4.78, 5) is 10.9. The minimum absolute atomic E-state index is 0.173. The van der Waals surface area contributed by atoms with Crippen LogP contribution in [0.15, 0.2) is 12.1 Å². The van der Waals surface area contributed by atoms with E-state index in [-0.39, 0.29) is 5.78 Å². The van der Waals surface area contributed by atoms with E-state index in [2.05, 4.69) is 5.32 Å². The Bertz CT molecular complexity index is 432. The number of hydrogen-bond donors (Lipinski definition) is 1. The number of carbonyl (C=O) groups is 1. The maximum absolute atomic E-state index is 10.9. The van der Waals surface area contributed by atoms with Crippen molar-refractivity contribution in [3.05, 3.63) is 17.7 Å². The van der Waals surface area contributed by atoms with Crippen LogP contribution in [0.5, 0.6) is 17.2 Å². The summed E-state index contributed by atoms with van der Waals surface area (Å²) in [5.74, 6) is 2.19. The Morgan fingerprint density at radius 3 is 2.16 bits per heavy atom. The van der Waals surface area contributed by atoms with Crippen molar-refractivity contribution in [3.63, 3.8) is 0 Å². The van der Waals surface area contributed by atoms with Gasteiger partial charge >= 0.3 is 0 Å². The van der Waals surface area contributed by atoms with E-state index in [0.717, 1.165) is 11.3 Å². The van der Waals surface area contributed by atoms with Gasteiger partial charge in [0.1, 0.15) is 11.5 Å². The molecule has 0 aromatic heterocycles. The lowest BCUT2D eigenvalue weighted by Crippen LogP contribution is -2.17. The van der Waals surface area contributed by atoms with Crippen molar-refractivity contribution in [3.8, 4) is 17.2 Å². The second kappa shape index (κ2) is 7.63. The third kappa shape index (κ3) is 4.44. The van der Waals surface area contributed by atoms with E-state index in [1.807, 2.05) is 6.07 Å². The summed E-state index contributed by atoms with van der Waals surface area (Å²) in [7, 11) is 4.79. The van der Waals surface area contributed by atoms with Gasteiger partial charge in [-0.3, -0.25) is 4.79 Å². The monoisotopic (exact) mass is 267 g/mol. The first-order valence-corrected chi connectivity index (χ1v) is 6.11. The first-order valence-electron chi connectivity index (χ1n) is 6.11. The Morgan fingerprint density at radius 2 is 1.63 bits per heavy atom. The summed E-state index contributed by atoms with van der Waals surface area (Å²) in [6, 6.07) is 3.67. The number of rotatable bonds is 8. The summed E-state index contributed by atoms with van der Waals surface area (Å²) in [6.45, 7) is 2.84. The highest BCUT2D eigenvalue weighted by atomic mass is 16.5. The number of ketones is 1. The van der Waals surface area contributed by atoms with Gasteiger partial charge in [-0.2, -0.15) is 0 Å². The molecule has 0 aliphatic rings. The molecule has 5 nitrogen and oxygen atoms in total. The van der Waals surface area contributed by atoms with Gasteiger partial charge in [-0.25, -0.2) is 0 Å². The predicted octanol–water partition coefficient (Wildman–Crippen LogP) is 1.78. The lowest BCUT2D eigenvalue weighted by Gasteiger charge is -2.14. The van der Waals surface area contributed by atoms with Crippen LogP contribution in [0.25, 0.3) is 0 Å². The zero-order chi connectivity index (χ0) is 14.3. The fourth-order valence-corrected chi connectivity index (χ4v) is 1.72. The van der Waals surface area contributed by atoms with Crippen LogP contribution in [0.1, 0.15) is 18.9 Å². The molecule has 0 radical (unpaired) electrons. The van der Waals surface area contributed by atoms with Gasteiger partial charge in [0.25, 0.3) is 0 Å². The lowest BCUT2D eigenvalue weighted by atomic mass is 10.1. The number of benzene rings is 1. The normalized spacial score (nSPS) is 10.1. The van der Waals surface area contributed by atoms with Crippen LogP contribution in [0.2, 0.25) is 0 Å². The summed E-state index contributed by atoms with van der Waals surface area (Å²) < 4.78 is 15.8. The molecule has 0 unspecified atom stereocenters. The zero-order valence-electron chi connectivity index (χ0n) is 11.9. The van der Waals surface area contributed by atoms with E-state index in [0.29, 0.717) is 31.0 Å². The van der Waals surface area contributed by atoms with E-state index in [1.54, 1.807) is 34.3 Å². The Morgan fingerprint density at radius 1 is 1.05 bits per heavy atom. The molecule has 1 N–H and O–H groups in total. The smallest absolute Gasteiger partial charge is 0.164 e. The molecule has 0 atom stereocenters. The van der Waals surface area contributed by atoms with Crippen LogP contribution in [-0.2, 0) is 11.3 Å². The van der Waals surface area contributed by atoms with E-state index < -0.39 is 0 Å². The standard InChI is InChI=1S/C14H21NO4/c1-10(16)5-6-15-9-11-7-13(18-3)14(19-4)8-12(11)17-2/h7-8,15H,5-6,9H2,1-4H3. The first-order chi connectivity index (χ1) is 9.12. The second-order valence-electron chi connectivity index (χ2n) is 4.15. The van der Waals surface area contributed by atoms with Gasteiger partial charge in [-0.15, -0.1) is 0 Å². The van der Waals surface area contributed by atoms with E-state index in [9.17, 15) is 4.79 Å². The van der Waals surface area contributed by atoms with Crippen molar-refractivity contribution in [1.82, 2.24) is 5.32 Å². The minimum atomic E-state index is 0.173. The average Bonchev–Trinajstić information content (AvgIpc) is 2.42. The molecule has 106 valence electrons. The summed E-state index contributed by atoms with van der Waals surface area (Å²) >= 11 is 0. The summed E-state index contributed by atoms with van der Waals surface area (Å²) in [5.41, 5.74) is 0.962. The van der Waals surface area contributed by atoms with Crippen LogP contribution in [-0.4, -0.2) is 33.7 Å². The van der Waals surface area contributed by atoms with Crippen LogP contribution in [0.4, 0.5) is 0 Å².